The second-order valence-electron chi connectivity index (χ2n) is 6.37. The van der Waals surface area contributed by atoms with E-state index in [2.05, 4.69) is 13.8 Å². The summed E-state index contributed by atoms with van der Waals surface area (Å²) in [6.45, 7) is 4.34. The van der Waals surface area contributed by atoms with E-state index in [-0.39, 0.29) is 16.9 Å². The van der Waals surface area contributed by atoms with Crippen LogP contribution in [0.25, 0.3) is 0 Å². The lowest BCUT2D eigenvalue weighted by Crippen LogP contribution is -2.30. The van der Waals surface area contributed by atoms with Gasteiger partial charge in [0.05, 0.1) is 6.20 Å². The molecular formula is C14H18N2O4S. The summed E-state index contributed by atoms with van der Waals surface area (Å²) in [4.78, 5) is 0. The summed E-state index contributed by atoms with van der Waals surface area (Å²) in [6.07, 6.45) is 3.77. The number of rotatable bonds is 1. The Kier molecular flexibility index (Phi) is 2.88. The van der Waals surface area contributed by atoms with E-state index in [1.165, 1.54) is 0 Å². The topological polar surface area (TPSA) is 89.9 Å². The van der Waals surface area contributed by atoms with Crippen LogP contribution in [-0.2, 0) is 23.1 Å². The van der Waals surface area contributed by atoms with Gasteiger partial charge < -0.3 is 10.2 Å². The summed E-state index contributed by atoms with van der Waals surface area (Å²) in [5.41, 5.74) is 2.40. The molecule has 1 aliphatic carbocycles. The van der Waals surface area contributed by atoms with Crippen LogP contribution in [0.15, 0.2) is 24.2 Å². The fourth-order valence-corrected chi connectivity index (χ4v) is 3.96. The van der Waals surface area contributed by atoms with Crippen LogP contribution >= 0.6 is 0 Å². The highest BCUT2D eigenvalue weighted by Crippen LogP contribution is 2.41. The third-order valence-corrected chi connectivity index (χ3v) is 5.29. The number of benzene rings is 1. The van der Waals surface area contributed by atoms with E-state index in [0.29, 0.717) is 0 Å². The van der Waals surface area contributed by atoms with Gasteiger partial charge in [-0.1, -0.05) is 13.8 Å². The number of hydrogen-bond acceptors (Lipinski definition) is 4. The Morgan fingerprint density at radius 1 is 1.24 bits per heavy atom. The molecule has 2 aliphatic rings. The highest BCUT2D eigenvalue weighted by atomic mass is 32.2. The molecule has 0 radical (unpaired) electrons. The Morgan fingerprint density at radius 2 is 1.95 bits per heavy atom. The first-order chi connectivity index (χ1) is 9.68. The Hall–Kier alpha value is -1.89. The summed E-state index contributed by atoms with van der Waals surface area (Å²) >= 11 is 0. The number of phenolic OH excluding ortho intramolecular Hbond substituents is 1. The summed E-state index contributed by atoms with van der Waals surface area (Å²) in [5.74, 6) is -0.572. The van der Waals surface area contributed by atoms with Crippen LogP contribution in [0, 0.1) is 5.41 Å². The van der Waals surface area contributed by atoms with Crippen molar-refractivity contribution in [2.75, 3.05) is 4.31 Å². The van der Waals surface area contributed by atoms with Gasteiger partial charge in [0.1, 0.15) is 11.4 Å². The molecule has 6 nitrogen and oxygen atoms in total. The minimum absolute atomic E-state index is 0.107. The van der Waals surface area contributed by atoms with E-state index in [1.807, 2.05) is 4.72 Å². The van der Waals surface area contributed by atoms with Crippen LogP contribution in [-0.4, -0.2) is 18.6 Å². The van der Waals surface area contributed by atoms with Gasteiger partial charge in [-0.25, -0.2) is 9.03 Å². The molecule has 114 valence electrons. The van der Waals surface area contributed by atoms with Gasteiger partial charge in [0.15, 0.2) is 0 Å². The predicted molar refractivity (Wildman–Crippen MR) is 79.2 cm³/mol. The molecule has 0 aromatic heterocycles. The Bertz CT molecular complexity index is 738. The van der Waals surface area contributed by atoms with Crippen molar-refractivity contribution < 1.29 is 18.6 Å². The van der Waals surface area contributed by atoms with E-state index in [0.717, 1.165) is 40.9 Å². The number of fused-ring (bicyclic) bond motifs is 1. The Morgan fingerprint density at radius 3 is 2.57 bits per heavy atom. The van der Waals surface area contributed by atoms with Gasteiger partial charge in [0.2, 0.25) is 5.88 Å². The predicted octanol–water partition coefficient (Wildman–Crippen LogP) is 1.92. The van der Waals surface area contributed by atoms with Crippen LogP contribution in [0.1, 0.15) is 31.4 Å². The average molecular weight is 310 g/mol. The smallest absolute Gasteiger partial charge is 0.330 e. The zero-order chi connectivity index (χ0) is 15.4. The maximum absolute atomic E-state index is 11.9. The van der Waals surface area contributed by atoms with Gasteiger partial charge >= 0.3 is 10.2 Å². The highest BCUT2D eigenvalue weighted by Gasteiger charge is 2.33. The van der Waals surface area contributed by atoms with Crippen LogP contribution in [0.5, 0.6) is 5.75 Å². The first-order valence-electron chi connectivity index (χ1n) is 6.76. The lowest BCUT2D eigenvalue weighted by molar-refractivity contribution is 0.314. The van der Waals surface area contributed by atoms with Crippen molar-refractivity contribution in [1.82, 2.24) is 4.72 Å². The maximum Gasteiger partial charge on any atom is 0.330 e. The van der Waals surface area contributed by atoms with Gasteiger partial charge in [-0.3, -0.25) is 0 Å². The Balaban J connectivity index is 2.09. The van der Waals surface area contributed by atoms with Crippen LogP contribution in [0.3, 0.4) is 0 Å². The number of nitrogens with zero attached hydrogens (tertiary/aromatic N) is 1. The molecule has 0 saturated carbocycles. The molecule has 0 fully saturated rings. The van der Waals surface area contributed by atoms with Crippen molar-refractivity contribution in [1.29, 1.82) is 0 Å². The standard InChI is InChI=1S/C14H18N2O4S/c1-14(2)4-3-9-6-12(17)11(5-10(9)7-14)16-8-13(18)15-21(16,19)20/h5-6,8,15,17-18H,3-4,7H2,1-2H3. The quantitative estimate of drug-likeness (QED) is 0.739. The first kappa shape index (κ1) is 14.1. The van der Waals surface area contributed by atoms with Crippen molar-refractivity contribution >= 4 is 15.9 Å². The van der Waals surface area contributed by atoms with E-state index in [1.54, 1.807) is 12.1 Å². The van der Waals surface area contributed by atoms with E-state index in [4.69, 9.17) is 0 Å². The molecule has 0 unspecified atom stereocenters. The van der Waals surface area contributed by atoms with Crippen molar-refractivity contribution in [3.8, 4) is 5.75 Å². The van der Waals surface area contributed by atoms with Gasteiger partial charge in [-0.2, -0.15) is 8.42 Å². The zero-order valence-corrected chi connectivity index (χ0v) is 12.7. The molecule has 0 amide bonds. The number of aromatic hydroxyl groups is 1. The maximum atomic E-state index is 11.9. The minimum Gasteiger partial charge on any atom is -0.506 e. The number of aliphatic hydroxyl groups excluding tert-OH is 1. The van der Waals surface area contributed by atoms with Gasteiger partial charge in [0.25, 0.3) is 0 Å². The fraction of sp³-hybridized carbons (Fsp3) is 0.429. The number of aryl methyl sites for hydroxylation is 1. The molecule has 0 saturated heterocycles. The minimum atomic E-state index is -3.89. The normalized spacial score (nSPS) is 22.4. The van der Waals surface area contributed by atoms with Crippen LogP contribution in [0.4, 0.5) is 5.69 Å². The van der Waals surface area contributed by atoms with E-state index in [9.17, 15) is 18.6 Å². The van der Waals surface area contributed by atoms with E-state index < -0.39 is 16.1 Å². The average Bonchev–Trinajstić information content (AvgIpc) is 2.61. The molecule has 1 heterocycles. The summed E-state index contributed by atoms with van der Waals surface area (Å²) in [6, 6.07) is 3.32. The highest BCUT2D eigenvalue weighted by molar-refractivity contribution is 7.91. The van der Waals surface area contributed by atoms with Crippen molar-refractivity contribution in [3.63, 3.8) is 0 Å². The van der Waals surface area contributed by atoms with E-state index >= 15 is 0 Å². The molecule has 0 bridgehead atoms. The third-order valence-electron chi connectivity index (χ3n) is 4.01. The molecule has 7 heteroatoms. The Labute approximate surface area is 123 Å². The third kappa shape index (κ3) is 2.42. The lowest BCUT2D eigenvalue weighted by atomic mass is 9.74. The monoisotopic (exact) mass is 310 g/mol. The molecule has 1 aromatic rings. The first-order valence-corrected chi connectivity index (χ1v) is 8.20. The molecule has 0 atom stereocenters. The van der Waals surface area contributed by atoms with Crippen LogP contribution in [0.2, 0.25) is 0 Å². The van der Waals surface area contributed by atoms with Gasteiger partial charge in [-0.05, 0) is 47.9 Å². The number of aliphatic hydroxyl groups is 1. The second-order valence-corrected chi connectivity index (χ2v) is 7.92. The van der Waals surface area contributed by atoms with Gasteiger partial charge in [0, 0.05) is 0 Å². The summed E-state index contributed by atoms with van der Waals surface area (Å²) in [5, 5.41) is 19.5. The van der Waals surface area contributed by atoms with Crippen molar-refractivity contribution in [2.45, 2.75) is 33.1 Å². The number of anilines is 1. The van der Waals surface area contributed by atoms with Gasteiger partial charge in [-0.15, -0.1) is 0 Å². The van der Waals surface area contributed by atoms with Crippen molar-refractivity contribution in [3.05, 3.63) is 35.3 Å². The zero-order valence-electron chi connectivity index (χ0n) is 11.9. The lowest BCUT2D eigenvalue weighted by Gasteiger charge is -2.32. The molecule has 1 aromatic carbocycles. The summed E-state index contributed by atoms with van der Waals surface area (Å²) in [7, 11) is -3.89. The molecule has 0 spiro atoms. The molecule has 21 heavy (non-hydrogen) atoms. The summed E-state index contributed by atoms with van der Waals surface area (Å²) < 4.78 is 26.7. The number of nitrogens with one attached hydrogen (secondary N) is 1. The fourth-order valence-electron chi connectivity index (χ4n) is 2.90. The number of hydrogen-bond donors (Lipinski definition) is 3. The SMILES string of the molecule is CC1(C)CCc2cc(O)c(N3C=C(O)NS3(=O)=O)cc2C1. The molecular weight excluding hydrogens is 292 g/mol. The largest absolute Gasteiger partial charge is 0.506 e. The number of phenols is 1. The molecule has 3 rings (SSSR count). The van der Waals surface area contributed by atoms with Crippen LogP contribution < -0.4 is 9.03 Å². The van der Waals surface area contributed by atoms with Crippen molar-refractivity contribution in [2.24, 2.45) is 5.41 Å². The second kappa shape index (κ2) is 4.30. The molecule has 3 N–H and O–H groups in total. The molecule has 1 aliphatic heterocycles.